The standard InChI is InChI=1S/C24H16F6N4.Pt/c1-22(2,19-10-5-11-21(32-19)34-13-12-20(33-34)24(28,29)30)18-9-4-8-17(31-18)15-6-3-7-16(14-15)23(25,26)27;/h3-5,7-12,14H,1-2H3;/q-2;+2. The molecule has 0 amide bonds. The monoisotopic (exact) mass is 669 g/mol. The summed E-state index contributed by atoms with van der Waals surface area (Å²) < 4.78 is 78.9. The zero-order chi connectivity index (χ0) is 24.7. The Hall–Kier alpha value is -3.00. The van der Waals surface area contributed by atoms with Crippen LogP contribution in [0.1, 0.15) is 36.5 Å². The molecule has 0 unspecified atom stereocenters. The number of aromatic nitrogens is 4. The third-order valence-electron chi connectivity index (χ3n) is 5.21. The average Bonchev–Trinajstić information content (AvgIpc) is 3.30. The van der Waals surface area contributed by atoms with Crippen LogP contribution in [0.25, 0.3) is 17.1 Å². The van der Waals surface area contributed by atoms with Gasteiger partial charge < -0.3 is 9.67 Å². The molecule has 4 nitrogen and oxygen atoms in total. The van der Waals surface area contributed by atoms with E-state index in [1.165, 1.54) is 12.1 Å². The normalized spacial score (nSPS) is 12.3. The van der Waals surface area contributed by atoms with E-state index < -0.39 is 29.0 Å². The Balaban J connectivity index is 0.00000342. The van der Waals surface area contributed by atoms with Crippen molar-refractivity contribution in [1.29, 1.82) is 0 Å². The first-order valence-corrected chi connectivity index (χ1v) is 9.95. The van der Waals surface area contributed by atoms with E-state index in [1.807, 2.05) is 0 Å². The fourth-order valence-corrected chi connectivity index (χ4v) is 3.29. The van der Waals surface area contributed by atoms with Crippen molar-refractivity contribution in [3.63, 3.8) is 0 Å². The van der Waals surface area contributed by atoms with Gasteiger partial charge in [0, 0.05) is 16.8 Å². The minimum absolute atomic E-state index is 0. The van der Waals surface area contributed by atoms with E-state index in [0.717, 1.165) is 22.9 Å². The Morgan fingerprint density at radius 3 is 2.09 bits per heavy atom. The maximum Gasteiger partial charge on any atom is 2.00 e. The van der Waals surface area contributed by atoms with Gasteiger partial charge in [0.05, 0.1) is 11.5 Å². The quantitative estimate of drug-likeness (QED) is 0.190. The molecule has 11 heteroatoms. The molecule has 4 aromatic rings. The van der Waals surface area contributed by atoms with Crippen molar-refractivity contribution in [1.82, 2.24) is 19.7 Å². The van der Waals surface area contributed by atoms with Crippen molar-refractivity contribution < 1.29 is 47.4 Å². The summed E-state index contributed by atoms with van der Waals surface area (Å²) in [4.78, 5) is 8.98. The SMILES string of the molecule is CC(C)(c1cccc(-c2[c-]ccc(C(F)(F)F)c2)n1)c1cccc(-n2[c-]cc(C(F)(F)F)n2)n1.[Pt+2]. The van der Waals surface area contributed by atoms with Crippen LogP contribution in [-0.4, -0.2) is 19.7 Å². The van der Waals surface area contributed by atoms with Crippen molar-refractivity contribution in [2.24, 2.45) is 0 Å². The maximum atomic E-state index is 13.1. The van der Waals surface area contributed by atoms with Crippen molar-refractivity contribution in [3.8, 4) is 17.1 Å². The van der Waals surface area contributed by atoms with Crippen LogP contribution in [0.5, 0.6) is 0 Å². The maximum absolute atomic E-state index is 13.1. The van der Waals surface area contributed by atoms with E-state index >= 15 is 0 Å². The van der Waals surface area contributed by atoms with Gasteiger partial charge in [-0.3, -0.25) is 10.1 Å². The number of alkyl halides is 6. The number of halogens is 6. The van der Waals surface area contributed by atoms with E-state index in [1.54, 1.807) is 44.2 Å². The number of hydrogen-bond donors (Lipinski definition) is 0. The second-order valence-electron chi connectivity index (χ2n) is 7.97. The number of nitrogens with zero attached hydrogens (tertiary/aromatic N) is 4. The van der Waals surface area contributed by atoms with Gasteiger partial charge in [-0.1, -0.05) is 30.5 Å². The van der Waals surface area contributed by atoms with Crippen LogP contribution in [0.15, 0.2) is 60.7 Å². The molecule has 0 bridgehead atoms. The summed E-state index contributed by atoms with van der Waals surface area (Å²) in [5, 5.41) is 3.49. The molecule has 0 radical (unpaired) electrons. The van der Waals surface area contributed by atoms with E-state index in [4.69, 9.17) is 0 Å². The summed E-state index contributed by atoms with van der Waals surface area (Å²) in [5.74, 6) is 0.128. The van der Waals surface area contributed by atoms with Crippen LogP contribution in [0.2, 0.25) is 0 Å². The Labute approximate surface area is 211 Å². The van der Waals surface area contributed by atoms with Crippen molar-refractivity contribution in [2.45, 2.75) is 31.6 Å². The van der Waals surface area contributed by atoms with Gasteiger partial charge in [-0.05, 0) is 37.2 Å². The van der Waals surface area contributed by atoms with Gasteiger partial charge in [0.1, 0.15) is 0 Å². The Kier molecular flexibility index (Phi) is 7.27. The molecule has 35 heavy (non-hydrogen) atoms. The molecule has 0 N–H and O–H groups in total. The molecular formula is C24H16F6N4Pt. The summed E-state index contributed by atoms with van der Waals surface area (Å²) >= 11 is 0. The molecule has 1 aromatic carbocycles. The summed E-state index contributed by atoms with van der Waals surface area (Å²) in [6.45, 7) is 3.60. The molecule has 184 valence electrons. The third kappa shape index (κ3) is 5.64. The van der Waals surface area contributed by atoms with Gasteiger partial charge >= 0.3 is 33.4 Å². The van der Waals surface area contributed by atoms with Crippen LogP contribution in [0.4, 0.5) is 26.3 Å². The Morgan fingerprint density at radius 1 is 0.800 bits per heavy atom. The van der Waals surface area contributed by atoms with Gasteiger partial charge in [-0.15, -0.1) is 35.9 Å². The number of hydrogen-bond acceptors (Lipinski definition) is 3. The topological polar surface area (TPSA) is 43.6 Å². The largest absolute Gasteiger partial charge is 2.00 e. The van der Waals surface area contributed by atoms with Crippen molar-refractivity contribution in [2.75, 3.05) is 0 Å². The van der Waals surface area contributed by atoms with Gasteiger partial charge in [-0.2, -0.15) is 26.3 Å². The number of rotatable bonds is 4. The first-order valence-electron chi connectivity index (χ1n) is 9.95. The fourth-order valence-electron chi connectivity index (χ4n) is 3.29. The van der Waals surface area contributed by atoms with Crippen LogP contribution in [0.3, 0.4) is 0 Å². The summed E-state index contributed by atoms with van der Waals surface area (Å²) in [5.41, 5.74) is -1.29. The molecule has 0 fully saturated rings. The van der Waals surface area contributed by atoms with Gasteiger partial charge in [0.25, 0.3) is 0 Å². The van der Waals surface area contributed by atoms with Gasteiger partial charge in [0.15, 0.2) is 0 Å². The molecule has 3 aromatic heterocycles. The van der Waals surface area contributed by atoms with Crippen LogP contribution < -0.4 is 0 Å². The second kappa shape index (κ2) is 9.57. The van der Waals surface area contributed by atoms with Gasteiger partial charge in [-0.25, -0.2) is 0 Å². The molecule has 0 aliphatic rings. The molecule has 0 aliphatic heterocycles. The minimum atomic E-state index is -4.61. The molecular weight excluding hydrogens is 653 g/mol. The third-order valence-corrected chi connectivity index (χ3v) is 5.21. The zero-order valence-corrected chi connectivity index (χ0v) is 20.4. The fraction of sp³-hybridized carbons (Fsp3) is 0.208. The second-order valence-corrected chi connectivity index (χ2v) is 7.97. The Morgan fingerprint density at radius 2 is 1.46 bits per heavy atom. The summed E-state index contributed by atoms with van der Waals surface area (Å²) in [6.07, 6.45) is -6.70. The van der Waals surface area contributed by atoms with E-state index in [0.29, 0.717) is 17.1 Å². The van der Waals surface area contributed by atoms with E-state index in [2.05, 4.69) is 27.3 Å². The molecule has 0 aliphatic carbocycles. The number of benzene rings is 1. The summed E-state index contributed by atoms with van der Waals surface area (Å²) in [6, 6.07) is 16.3. The van der Waals surface area contributed by atoms with Crippen molar-refractivity contribution in [3.05, 3.63) is 95.6 Å². The van der Waals surface area contributed by atoms with Crippen LogP contribution in [-0.2, 0) is 38.8 Å². The predicted molar refractivity (Wildman–Crippen MR) is 111 cm³/mol. The summed E-state index contributed by atoms with van der Waals surface area (Å²) in [7, 11) is 0. The molecule has 0 saturated carbocycles. The molecule has 0 saturated heterocycles. The minimum Gasteiger partial charge on any atom is -0.343 e. The van der Waals surface area contributed by atoms with Crippen molar-refractivity contribution >= 4 is 0 Å². The molecule has 4 rings (SSSR count). The smallest absolute Gasteiger partial charge is 0.343 e. The first-order chi connectivity index (χ1) is 15.9. The Bertz CT molecular complexity index is 1330. The predicted octanol–water partition coefficient (Wildman–Crippen LogP) is 6.29. The average molecular weight is 669 g/mol. The molecule has 0 spiro atoms. The zero-order valence-electron chi connectivity index (χ0n) is 18.1. The van der Waals surface area contributed by atoms with Crippen LogP contribution in [0, 0.1) is 12.3 Å². The van der Waals surface area contributed by atoms with Crippen LogP contribution >= 0.6 is 0 Å². The van der Waals surface area contributed by atoms with E-state index in [-0.39, 0.29) is 32.4 Å². The molecule has 0 atom stereocenters. The van der Waals surface area contributed by atoms with E-state index in [9.17, 15) is 26.3 Å². The first kappa shape index (κ1) is 26.6. The number of pyridine rings is 2. The molecule has 3 heterocycles. The van der Waals surface area contributed by atoms with Gasteiger partial charge in [0.2, 0.25) is 0 Å².